The van der Waals surface area contributed by atoms with E-state index in [1.807, 2.05) is 13.8 Å². The molecule has 0 aliphatic carbocycles. The molecule has 0 bridgehead atoms. The summed E-state index contributed by atoms with van der Waals surface area (Å²) in [6, 6.07) is 0. The summed E-state index contributed by atoms with van der Waals surface area (Å²) in [5.74, 6) is 0. The number of hydrogen-bond donors (Lipinski definition) is 0. The number of ether oxygens (including phenoxy) is 1. The first-order valence-electron chi connectivity index (χ1n) is 2.53. The Morgan fingerprint density at radius 2 is 1.50 bits per heavy atom. The van der Waals surface area contributed by atoms with E-state index in [-0.39, 0.29) is 0 Å². The minimum absolute atomic E-state index is 0.844. The van der Waals surface area contributed by atoms with Gasteiger partial charge in [0, 0.05) is 13.2 Å². The van der Waals surface area contributed by atoms with Crippen molar-refractivity contribution in [1.29, 1.82) is 0 Å². The fourth-order valence-corrected chi connectivity index (χ4v) is 0.204. The summed E-state index contributed by atoms with van der Waals surface area (Å²) in [5, 5.41) is 0. The molecule has 0 rings (SSSR count). The van der Waals surface area contributed by atoms with Gasteiger partial charge in [-0.1, -0.05) is 0 Å². The molecular formula is C4H10Cl2OZn. The van der Waals surface area contributed by atoms with E-state index >= 15 is 0 Å². The van der Waals surface area contributed by atoms with Crippen molar-refractivity contribution in [2.45, 2.75) is 13.8 Å². The van der Waals surface area contributed by atoms with Gasteiger partial charge in [-0.3, -0.25) is 0 Å². The fourth-order valence-electron chi connectivity index (χ4n) is 0.204. The second kappa shape index (κ2) is 15.7. The Kier molecular flexibility index (Phi) is 23.4. The third-order valence-corrected chi connectivity index (χ3v) is 0.408. The Labute approximate surface area is 66.4 Å². The molecule has 48 valence electrons. The normalized spacial score (nSPS) is 6.50. The van der Waals surface area contributed by atoms with Crippen LogP contribution in [0.1, 0.15) is 13.8 Å². The van der Waals surface area contributed by atoms with E-state index < -0.39 is 15.1 Å². The summed E-state index contributed by atoms with van der Waals surface area (Å²) >= 11 is -0.931. The van der Waals surface area contributed by atoms with Crippen LogP contribution in [0.25, 0.3) is 0 Å². The van der Waals surface area contributed by atoms with Gasteiger partial charge in [0.05, 0.1) is 0 Å². The summed E-state index contributed by atoms with van der Waals surface area (Å²) < 4.78 is 4.83. The van der Waals surface area contributed by atoms with Crippen LogP contribution in [0, 0.1) is 0 Å². The molecule has 4 heteroatoms. The summed E-state index contributed by atoms with van der Waals surface area (Å²) in [6.07, 6.45) is 0. The molecule has 0 atom stereocenters. The molecule has 0 aromatic carbocycles. The molecule has 0 amide bonds. The SMILES string of the molecule is CCOCC.[Cl][Zn][Cl]. The van der Waals surface area contributed by atoms with E-state index in [9.17, 15) is 0 Å². The van der Waals surface area contributed by atoms with Crippen molar-refractivity contribution in [2.24, 2.45) is 0 Å². The summed E-state index contributed by atoms with van der Waals surface area (Å²) in [7, 11) is 9.90. The van der Waals surface area contributed by atoms with Crippen LogP contribution >= 0.6 is 19.4 Å². The van der Waals surface area contributed by atoms with Crippen LogP contribution in [0.5, 0.6) is 0 Å². The van der Waals surface area contributed by atoms with Crippen molar-refractivity contribution >= 4 is 19.4 Å². The van der Waals surface area contributed by atoms with Crippen molar-refractivity contribution < 1.29 is 19.9 Å². The van der Waals surface area contributed by atoms with Crippen LogP contribution in [0.3, 0.4) is 0 Å². The molecule has 0 aromatic rings. The molecule has 0 saturated carbocycles. The van der Waals surface area contributed by atoms with E-state index in [0.717, 1.165) is 13.2 Å². The van der Waals surface area contributed by atoms with Gasteiger partial charge in [-0.15, -0.1) is 0 Å². The summed E-state index contributed by atoms with van der Waals surface area (Å²) in [4.78, 5) is 0. The molecule has 0 fully saturated rings. The molecule has 0 aliphatic rings. The van der Waals surface area contributed by atoms with E-state index in [4.69, 9.17) is 24.1 Å². The molecule has 0 spiro atoms. The van der Waals surface area contributed by atoms with Crippen molar-refractivity contribution in [2.75, 3.05) is 13.2 Å². The van der Waals surface area contributed by atoms with Crippen LogP contribution in [0.2, 0.25) is 0 Å². The average molecular weight is 210 g/mol. The molecule has 0 heterocycles. The van der Waals surface area contributed by atoms with Gasteiger partial charge in [-0.05, 0) is 13.8 Å². The Bertz CT molecular complexity index is 28.0. The topological polar surface area (TPSA) is 9.23 Å². The number of halogens is 2. The molecular weight excluding hydrogens is 200 g/mol. The molecule has 0 aliphatic heterocycles. The van der Waals surface area contributed by atoms with Gasteiger partial charge in [-0.25, -0.2) is 0 Å². The molecule has 0 radical (unpaired) electrons. The zero-order valence-corrected chi connectivity index (χ0v) is 9.76. The Morgan fingerprint density at radius 3 is 1.50 bits per heavy atom. The zero-order valence-electron chi connectivity index (χ0n) is 5.29. The maximum absolute atomic E-state index is 4.95. The number of hydrogen-bond acceptors (Lipinski definition) is 1. The van der Waals surface area contributed by atoms with Gasteiger partial charge in [0.2, 0.25) is 0 Å². The fraction of sp³-hybridized carbons (Fsp3) is 1.00. The van der Waals surface area contributed by atoms with Crippen molar-refractivity contribution in [3.05, 3.63) is 0 Å². The first-order chi connectivity index (χ1) is 3.83. The maximum atomic E-state index is 4.95. The van der Waals surface area contributed by atoms with Gasteiger partial charge in [0.25, 0.3) is 0 Å². The van der Waals surface area contributed by atoms with E-state index in [1.54, 1.807) is 0 Å². The van der Waals surface area contributed by atoms with Crippen molar-refractivity contribution in [1.82, 2.24) is 0 Å². The van der Waals surface area contributed by atoms with E-state index in [2.05, 4.69) is 0 Å². The van der Waals surface area contributed by atoms with Crippen LogP contribution in [-0.4, -0.2) is 13.2 Å². The van der Waals surface area contributed by atoms with Crippen LogP contribution in [0.15, 0.2) is 0 Å². The molecule has 0 unspecified atom stereocenters. The molecule has 8 heavy (non-hydrogen) atoms. The molecule has 0 saturated heterocycles. The predicted molar refractivity (Wildman–Crippen MR) is 33.9 cm³/mol. The van der Waals surface area contributed by atoms with Gasteiger partial charge in [0.1, 0.15) is 0 Å². The van der Waals surface area contributed by atoms with Gasteiger partial charge < -0.3 is 4.74 Å². The molecule has 0 N–H and O–H groups in total. The third-order valence-electron chi connectivity index (χ3n) is 0.408. The summed E-state index contributed by atoms with van der Waals surface area (Å²) in [5.41, 5.74) is 0. The quantitative estimate of drug-likeness (QED) is 0.636. The first kappa shape index (κ1) is 11.9. The minimum atomic E-state index is -0.931. The second-order valence-electron chi connectivity index (χ2n) is 0.882. The van der Waals surface area contributed by atoms with Gasteiger partial charge in [0.15, 0.2) is 0 Å². The standard InChI is InChI=1S/C4H10O.2ClH.Zn/c1-3-5-4-2;;;/h3-4H2,1-2H3;2*1H;/q;;;+2/p-2. The second-order valence-corrected chi connectivity index (χ2v) is 5.51. The molecule has 1 nitrogen and oxygen atoms in total. The molecule has 0 aromatic heterocycles. The van der Waals surface area contributed by atoms with Crippen LogP contribution in [0.4, 0.5) is 0 Å². The number of rotatable bonds is 2. The zero-order chi connectivity index (χ0) is 6.83. The van der Waals surface area contributed by atoms with E-state index in [1.165, 1.54) is 0 Å². The first-order valence-corrected chi connectivity index (χ1v) is 10.3. The van der Waals surface area contributed by atoms with Crippen molar-refractivity contribution in [3.63, 3.8) is 0 Å². The average Bonchev–Trinajstić information content (AvgIpc) is 1.71. The Balaban J connectivity index is 0. The third kappa shape index (κ3) is 27.2. The van der Waals surface area contributed by atoms with Crippen molar-refractivity contribution in [3.8, 4) is 0 Å². The van der Waals surface area contributed by atoms with Crippen LogP contribution in [-0.2, 0) is 19.9 Å². The monoisotopic (exact) mass is 208 g/mol. The Morgan fingerprint density at radius 1 is 1.25 bits per heavy atom. The summed E-state index contributed by atoms with van der Waals surface area (Å²) in [6.45, 7) is 5.67. The van der Waals surface area contributed by atoms with Gasteiger partial charge >= 0.3 is 34.5 Å². The van der Waals surface area contributed by atoms with E-state index in [0.29, 0.717) is 0 Å². The predicted octanol–water partition coefficient (Wildman–Crippen LogP) is 2.42. The Hall–Kier alpha value is 1.16. The van der Waals surface area contributed by atoms with Crippen LogP contribution < -0.4 is 0 Å². The van der Waals surface area contributed by atoms with Gasteiger partial charge in [-0.2, -0.15) is 0 Å².